The van der Waals surface area contributed by atoms with Gasteiger partial charge in [-0.25, -0.2) is 9.11 Å². The molecule has 2 aromatic rings. The Kier molecular flexibility index (Phi) is 8.34. The molecule has 0 bridgehead atoms. The molecular formula is C27H34F2N4O5S. The second kappa shape index (κ2) is 11.7. The number of nitrogens with zero attached hydrogens (tertiary/aromatic N) is 3. The van der Waals surface area contributed by atoms with E-state index in [1.807, 2.05) is 11.6 Å². The van der Waals surface area contributed by atoms with E-state index in [2.05, 4.69) is 9.88 Å². The second-order valence-corrected chi connectivity index (χ2v) is 12.1. The van der Waals surface area contributed by atoms with Crippen molar-refractivity contribution in [2.75, 3.05) is 32.8 Å². The maximum Gasteiger partial charge on any atom is 0.304 e. The van der Waals surface area contributed by atoms with Gasteiger partial charge in [-0.1, -0.05) is 13.3 Å². The molecule has 2 heterocycles. The lowest BCUT2D eigenvalue weighted by atomic mass is 9.91. The lowest BCUT2D eigenvalue weighted by Crippen LogP contribution is -2.56. The zero-order valence-electron chi connectivity index (χ0n) is 21.9. The molecule has 2 aliphatic carbocycles. The van der Waals surface area contributed by atoms with Gasteiger partial charge in [0, 0.05) is 32.2 Å². The first-order valence-electron chi connectivity index (χ1n) is 13.5. The standard InChI is InChI=1S/C27H34F2N4O5S/c1-2-23(22-10-8-20(16-30-22)37-17-18-6-7-18)38-24-11-9-21(25(28)26(24)29)27(34)31-39(35,36)33-14-12-32(13-15-33)19-4-3-5-19/h8-11,16,18-19,23H,2-7,12-15,17H2,1H3,(H,31,34)/t23-/m1/s1. The van der Waals surface area contributed by atoms with Crippen LogP contribution in [0.2, 0.25) is 0 Å². The van der Waals surface area contributed by atoms with Crippen LogP contribution in [0.5, 0.6) is 11.5 Å². The lowest BCUT2D eigenvalue weighted by Gasteiger charge is -2.42. The van der Waals surface area contributed by atoms with E-state index in [0.717, 1.165) is 29.3 Å². The Labute approximate surface area is 227 Å². The highest BCUT2D eigenvalue weighted by molar-refractivity contribution is 7.87. The van der Waals surface area contributed by atoms with Crippen LogP contribution in [0.4, 0.5) is 8.78 Å². The van der Waals surface area contributed by atoms with Gasteiger partial charge in [-0.2, -0.15) is 17.1 Å². The SMILES string of the molecule is CC[C@@H](Oc1ccc(C(=O)NS(=O)(=O)N2CCN(C3CCC3)CC2)c(F)c1F)c1ccc(OCC2CC2)cn1. The van der Waals surface area contributed by atoms with Crippen molar-refractivity contribution in [3.63, 3.8) is 0 Å². The van der Waals surface area contributed by atoms with E-state index < -0.39 is 45.2 Å². The normalized spacial score (nSPS) is 19.8. The molecular weight excluding hydrogens is 530 g/mol. The molecule has 212 valence electrons. The molecule has 1 saturated heterocycles. The minimum absolute atomic E-state index is 0.225. The maximum atomic E-state index is 14.9. The van der Waals surface area contributed by atoms with Gasteiger partial charge in [0.25, 0.3) is 5.91 Å². The Bertz CT molecular complexity index is 1280. The first-order chi connectivity index (χ1) is 18.7. The molecule has 1 aromatic carbocycles. The summed E-state index contributed by atoms with van der Waals surface area (Å²) in [4.78, 5) is 19.2. The summed E-state index contributed by atoms with van der Waals surface area (Å²) in [6, 6.07) is 6.10. The third-order valence-electron chi connectivity index (χ3n) is 7.63. The predicted octanol–water partition coefficient (Wildman–Crippen LogP) is 3.82. The van der Waals surface area contributed by atoms with Crippen molar-refractivity contribution < 1.29 is 31.5 Å². The van der Waals surface area contributed by atoms with Crippen LogP contribution < -0.4 is 14.2 Å². The van der Waals surface area contributed by atoms with Gasteiger partial charge >= 0.3 is 10.2 Å². The molecule has 1 amide bonds. The van der Waals surface area contributed by atoms with Crippen LogP contribution in [0, 0.1) is 17.6 Å². The molecule has 3 fully saturated rings. The van der Waals surface area contributed by atoms with E-state index in [-0.39, 0.29) is 13.1 Å². The zero-order valence-corrected chi connectivity index (χ0v) is 22.8. The molecule has 9 nitrogen and oxygen atoms in total. The Morgan fingerprint density at radius 1 is 1.08 bits per heavy atom. The quantitative estimate of drug-likeness (QED) is 0.443. The Hall–Kier alpha value is -2.83. The summed E-state index contributed by atoms with van der Waals surface area (Å²) in [5.74, 6) is -3.27. The number of halogens is 2. The van der Waals surface area contributed by atoms with Crippen molar-refractivity contribution in [1.82, 2.24) is 18.9 Å². The van der Waals surface area contributed by atoms with Crippen molar-refractivity contribution in [2.45, 2.75) is 57.6 Å². The van der Waals surface area contributed by atoms with Gasteiger partial charge in [-0.15, -0.1) is 0 Å². The van der Waals surface area contributed by atoms with Gasteiger partial charge in [-0.3, -0.25) is 14.7 Å². The third kappa shape index (κ3) is 6.50. The summed E-state index contributed by atoms with van der Waals surface area (Å²) in [7, 11) is -4.21. The number of pyridine rings is 1. The molecule has 5 rings (SSSR count). The molecule has 1 aliphatic heterocycles. The highest BCUT2D eigenvalue weighted by atomic mass is 32.2. The summed E-state index contributed by atoms with van der Waals surface area (Å²) in [6.45, 7) is 4.05. The van der Waals surface area contributed by atoms with Crippen LogP contribution in [0.3, 0.4) is 0 Å². The number of ether oxygens (including phenoxy) is 2. The fourth-order valence-corrected chi connectivity index (χ4v) is 5.89. The fraction of sp³-hybridized carbons (Fsp3) is 0.556. The van der Waals surface area contributed by atoms with Crippen molar-refractivity contribution in [2.24, 2.45) is 5.92 Å². The Morgan fingerprint density at radius 3 is 2.41 bits per heavy atom. The lowest BCUT2D eigenvalue weighted by molar-refractivity contribution is 0.0871. The second-order valence-electron chi connectivity index (χ2n) is 10.4. The highest BCUT2D eigenvalue weighted by Gasteiger charge is 2.34. The van der Waals surface area contributed by atoms with Gasteiger partial charge in [0.2, 0.25) is 5.82 Å². The number of piperazine rings is 1. The Balaban J connectivity index is 1.20. The van der Waals surface area contributed by atoms with Crippen LogP contribution in [-0.4, -0.2) is 67.3 Å². The van der Waals surface area contributed by atoms with Crippen LogP contribution >= 0.6 is 0 Å². The topological polar surface area (TPSA) is 101 Å². The van der Waals surface area contributed by atoms with E-state index in [9.17, 15) is 22.0 Å². The average molecular weight is 565 g/mol. The molecule has 1 N–H and O–H groups in total. The summed E-state index contributed by atoms with van der Waals surface area (Å²) in [5.41, 5.74) is -0.207. The number of carbonyl (C=O) groups excluding carboxylic acids is 1. The van der Waals surface area contributed by atoms with Crippen LogP contribution in [0.25, 0.3) is 0 Å². The number of amides is 1. The number of benzene rings is 1. The zero-order chi connectivity index (χ0) is 27.6. The summed E-state index contributed by atoms with van der Waals surface area (Å²) >= 11 is 0. The fourth-order valence-electron chi connectivity index (χ4n) is 4.77. The van der Waals surface area contributed by atoms with E-state index in [4.69, 9.17) is 9.47 Å². The van der Waals surface area contributed by atoms with E-state index >= 15 is 0 Å². The molecule has 12 heteroatoms. The van der Waals surface area contributed by atoms with Crippen molar-refractivity contribution in [1.29, 1.82) is 0 Å². The number of rotatable bonds is 11. The summed E-state index contributed by atoms with van der Waals surface area (Å²) in [6.07, 6.45) is 7.09. The molecule has 39 heavy (non-hydrogen) atoms. The highest BCUT2D eigenvalue weighted by Crippen LogP contribution is 2.31. The first-order valence-corrected chi connectivity index (χ1v) is 15.0. The molecule has 0 unspecified atom stereocenters. The molecule has 1 atom stereocenters. The van der Waals surface area contributed by atoms with Gasteiger partial charge < -0.3 is 9.47 Å². The maximum absolute atomic E-state index is 14.9. The monoisotopic (exact) mass is 564 g/mol. The van der Waals surface area contributed by atoms with E-state index in [0.29, 0.717) is 49.5 Å². The van der Waals surface area contributed by atoms with E-state index in [1.54, 1.807) is 18.3 Å². The molecule has 2 saturated carbocycles. The van der Waals surface area contributed by atoms with Gasteiger partial charge in [0.05, 0.1) is 24.1 Å². The third-order valence-corrected chi connectivity index (χ3v) is 9.12. The molecule has 3 aliphatic rings. The van der Waals surface area contributed by atoms with Crippen molar-refractivity contribution >= 4 is 16.1 Å². The number of aromatic nitrogens is 1. The van der Waals surface area contributed by atoms with Crippen molar-refractivity contribution in [3.8, 4) is 11.5 Å². The number of nitrogens with one attached hydrogen (secondary N) is 1. The predicted molar refractivity (Wildman–Crippen MR) is 140 cm³/mol. The van der Waals surface area contributed by atoms with Crippen LogP contribution in [0.1, 0.15) is 67.6 Å². The number of carbonyl (C=O) groups is 1. The minimum Gasteiger partial charge on any atom is -0.492 e. The van der Waals surface area contributed by atoms with Gasteiger partial charge in [0.15, 0.2) is 11.6 Å². The largest absolute Gasteiger partial charge is 0.492 e. The smallest absolute Gasteiger partial charge is 0.304 e. The number of hydrogen-bond donors (Lipinski definition) is 1. The summed E-state index contributed by atoms with van der Waals surface area (Å²) in [5, 5.41) is 0. The van der Waals surface area contributed by atoms with Gasteiger partial charge in [0.1, 0.15) is 11.9 Å². The van der Waals surface area contributed by atoms with Crippen LogP contribution in [-0.2, 0) is 10.2 Å². The molecule has 1 aromatic heterocycles. The molecule has 0 spiro atoms. The van der Waals surface area contributed by atoms with Crippen molar-refractivity contribution in [3.05, 3.63) is 53.4 Å². The molecule has 0 radical (unpaired) electrons. The summed E-state index contributed by atoms with van der Waals surface area (Å²) < 4.78 is 69.8. The van der Waals surface area contributed by atoms with E-state index in [1.165, 1.54) is 19.3 Å². The minimum atomic E-state index is -4.21. The Morgan fingerprint density at radius 2 is 1.82 bits per heavy atom. The van der Waals surface area contributed by atoms with Crippen LogP contribution in [0.15, 0.2) is 30.5 Å². The first kappa shape index (κ1) is 27.7. The average Bonchev–Trinajstić information content (AvgIpc) is 3.72. The number of hydrogen-bond acceptors (Lipinski definition) is 7. The van der Waals surface area contributed by atoms with Gasteiger partial charge in [-0.05, 0) is 62.3 Å².